The number of alkyl halides is 6. The Labute approximate surface area is 515 Å². The Morgan fingerprint density at radius 1 is 0.568 bits per heavy atom. The van der Waals surface area contributed by atoms with Gasteiger partial charge in [0, 0.05) is 70.4 Å². The number of carbonyl (C=O) groups is 2. The normalized spacial score (nSPS) is 18.5. The van der Waals surface area contributed by atoms with Gasteiger partial charge in [0.15, 0.2) is 0 Å². The van der Waals surface area contributed by atoms with Crippen molar-refractivity contribution < 1.29 is 46.1 Å². The highest BCUT2D eigenvalue weighted by molar-refractivity contribution is 5.87. The van der Waals surface area contributed by atoms with Crippen LogP contribution in [0.3, 0.4) is 0 Å². The molecule has 0 radical (unpaired) electrons. The second-order valence-electron chi connectivity index (χ2n) is 23.7. The molecule has 0 aliphatic carbocycles. The molecule has 88 heavy (non-hydrogen) atoms. The van der Waals surface area contributed by atoms with Gasteiger partial charge in [0.25, 0.3) is 0 Å². The van der Waals surface area contributed by atoms with Gasteiger partial charge in [0.1, 0.15) is 12.1 Å². The Hall–Kier alpha value is -7.08. The molecule has 4 fully saturated rings. The molecule has 0 saturated carbocycles. The second-order valence-corrected chi connectivity index (χ2v) is 23.7. The van der Waals surface area contributed by atoms with E-state index >= 15 is 0 Å². The molecule has 4 aliphatic heterocycles. The zero-order valence-electron chi connectivity index (χ0n) is 51.0. The topological polar surface area (TPSA) is 122 Å². The van der Waals surface area contributed by atoms with Gasteiger partial charge in [-0.15, -0.1) is 0 Å². The number of nitrogens with two attached hydrogens (primary N) is 1. The highest BCUT2D eigenvalue weighted by Gasteiger charge is 2.32. The number of hydrogen-bond donors (Lipinski definition) is 4. The minimum Gasteiger partial charge on any atom is -0.392 e. The lowest BCUT2D eigenvalue weighted by atomic mass is 9.87. The van der Waals surface area contributed by atoms with E-state index in [-0.39, 0.29) is 29.6 Å². The summed E-state index contributed by atoms with van der Waals surface area (Å²) in [5.41, 5.74) is 13.3. The molecule has 3 unspecified atom stereocenters. The summed E-state index contributed by atoms with van der Waals surface area (Å²) >= 11 is 0. The number of aliphatic hydroxyl groups is 2. The molecule has 5 atom stereocenters. The number of hydrogen-bond acceptors (Lipinski definition) is 9. The Morgan fingerprint density at radius 3 is 1.57 bits per heavy atom. The third kappa shape index (κ3) is 22.2. The second kappa shape index (κ2) is 33.5. The van der Waals surface area contributed by atoms with Crippen LogP contribution in [0.5, 0.6) is 0 Å². The minimum atomic E-state index is -4.38. The molecule has 0 bridgehead atoms. The molecule has 5 N–H and O–H groups in total. The van der Waals surface area contributed by atoms with Crippen LogP contribution in [0.1, 0.15) is 118 Å². The average molecular weight is 1210 g/mol. The number of halogens is 6. The number of rotatable bonds is 11. The summed E-state index contributed by atoms with van der Waals surface area (Å²) in [6.45, 7) is 18.3. The Bertz CT molecular complexity index is 3450. The van der Waals surface area contributed by atoms with Gasteiger partial charge in [0.05, 0.1) is 29.9 Å². The first-order valence-corrected chi connectivity index (χ1v) is 30.5. The summed E-state index contributed by atoms with van der Waals surface area (Å²) in [4.78, 5) is 28.0. The van der Waals surface area contributed by atoms with E-state index < -0.39 is 23.5 Å². The summed E-state index contributed by atoms with van der Waals surface area (Å²) in [6.07, 6.45) is -3.50. The van der Waals surface area contributed by atoms with E-state index in [9.17, 15) is 41.0 Å². The van der Waals surface area contributed by atoms with E-state index in [0.29, 0.717) is 43.8 Å². The van der Waals surface area contributed by atoms with Gasteiger partial charge in [0.2, 0.25) is 0 Å². The number of ketones is 1. The van der Waals surface area contributed by atoms with Gasteiger partial charge >= 0.3 is 12.4 Å². The molecule has 9 nitrogen and oxygen atoms in total. The van der Waals surface area contributed by atoms with E-state index in [0.717, 1.165) is 82.3 Å². The number of Topliss-reactive ketones (excluding diaryl/α,β-unsaturated/α-hetero) is 1. The standard InChI is InChI=1S/C25H29N.C12H12F3NO.C12H17NO.C12H13N.C8H5F3O.C4H9NO/c1-19-7-5-8-21(15-19)17-26-14-13-22(18-26)16-20(2)24-12-6-10-23-9-3-4-11-25(23)24;13-12(14,15)10-3-1-2-9(6-10)7-16-5-4-11(17)8-16;1-10-3-2-4-11(7-10)8-13-6-5-12(14)9-13;1-9(13)11-8-4-6-10-5-2-3-7-12(10)11;9-8(10,11)7-3-1-2-6(4-7)5-12;6-4-1-2-5-3-4/h3-12,15,20,22H,13-14,16-18H2,1-2H3;1-3,6H,4-5,7-8H2;2-4,7,12,14H,5-6,8-9H2,1H3;2-9H,13H2,1H3;1-5H;4-6H,1-3H2/t20-,22?;;;9-;;/m0..1../s1. The van der Waals surface area contributed by atoms with Gasteiger partial charge in [-0.25, -0.2) is 0 Å². The van der Waals surface area contributed by atoms with Crippen LogP contribution < -0.4 is 11.1 Å². The number of likely N-dealkylation sites (tertiary alicyclic amines) is 3. The maximum absolute atomic E-state index is 12.5. The van der Waals surface area contributed by atoms with Crippen LogP contribution >= 0.6 is 0 Å². The number of nitrogens with one attached hydrogen (secondary N) is 1. The maximum Gasteiger partial charge on any atom is 0.416 e. The molecule has 4 aliphatic rings. The lowest BCUT2D eigenvalue weighted by Gasteiger charge is -2.20. The van der Waals surface area contributed by atoms with Crippen molar-refractivity contribution in [2.75, 3.05) is 52.4 Å². The molecule has 0 aromatic heterocycles. The molecule has 4 saturated heterocycles. The first-order chi connectivity index (χ1) is 42.1. The van der Waals surface area contributed by atoms with Gasteiger partial charge in [-0.2, -0.15) is 26.3 Å². The van der Waals surface area contributed by atoms with Gasteiger partial charge in [-0.3, -0.25) is 24.3 Å². The van der Waals surface area contributed by atoms with Crippen LogP contribution in [0.25, 0.3) is 21.5 Å². The zero-order chi connectivity index (χ0) is 63.2. The summed E-state index contributed by atoms with van der Waals surface area (Å²) in [7, 11) is 0. The average Bonchev–Trinajstić information content (AvgIpc) is 2.58. The lowest BCUT2D eigenvalue weighted by Crippen LogP contribution is -2.21. The van der Waals surface area contributed by atoms with Crippen LogP contribution in [0.2, 0.25) is 0 Å². The van der Waals surface area contributed by atoms with Crippen LogP contribution in [0.4, 0.5) is 26.3 Å². The van der Waals surface area contributed by atoms with Crippen LogP contribution in [-0.4, -0.2) is 102 Å². The van der Waals surface area contributed by atoms with Crippen molar-refractivity contribution >= 4 is 33.6 Å². The van der Waals surface area contributed by atoms with E-state index in [2.05, 4.69) is 157 Å². The number of nitrogens with zero attached hydrogens (tertiary/aromatic N) is 3. The fraction of sp³-hybridized carbons (Fsp3) is 0.370. The minimum absolute atomic E-state index is 0.0322. The molecule has 468 valence electrons. The van der Waals surface area contributed by atoms with Crippen molar-refractivity contribution in [1.82, 2.24) is 20.0 Å². The third-order valence-corrected chi connectivity index (χ3v) is 16.1. The van der Waals surface area contributed by atoms with Gasteiger partial charge in [-0.05, 0) is 139 Å². The molecule has 15 heteroatoms. The smallest absolute Gasteiger partial charge is 0.392 e. The number of aryl methyl sites for hydroxylation is 2. The van der Waals surface area contributed by atoms with Gasteiger partial charge < -0.3 is 21.3 Å². The summed E-state index contributed by atoms with van der Waals surface area (Å²) in [5.74, 6) is 1.58. The molecular weight excluding hydrogens is 1120 g/mol. The number of aliphatic hydroxyl groups excluding tert-OH is 2. The van der Waals surface area contributed by atoms with E-state index in [1.807, 2.05) is 24.0 Å². The third-order valence-electron chi connectivity index (χ3n) is 16.1. The van der Waals surface area contributed by atoms with Crippen LogP contribution in [-0.2, 0) is 36.8 Å². The Balaban J connectivity index is 0.000000158. The fourth-order valence-corrected chi connectivity index (χ4v) is 11.7. The quantitative estimate of drug-likeness (QED) is 0.0741. The van der Waals surface area contributed by atoms with Crippen molar-refractivity contribution in [3.05, 3.63) is 238 Å². The number of fused-ring (bicyclic) bond motifs is 2. The van der Waals surface area contributed by atoms with Crippen molar-refractivity contribution in [2.45, 2.75) is 116 Å². The van der Waals surface area contributed by atoms with E-state index in [1.165, 1.54) is 99.1 Å². The molecule has 0 amide bonds. The van der Waals surface area contributed by atoms with E-state index in [1.54, 1.807) is 6.07 Å². The summed E-state index contributed by atoms with van der Waals surface area (Å²) in [5, 5.41) is 26.4. The summed E-state index contributed by atoms with van der Waals surface area (Å²) < 4.78 is 73.4. The number of aldehydes is 1. The number of carbonyl (C=O) groups excluding carboxylic acids is 2. The Kier molecular flexibility index (Phi) is 26.0. The first kappa shape index (κ1) is 68.4. The van der Waals surface area contributed by atoms with E-state index in [4.69, 9.17) is 10.8 Å². The molecule has 0 spiro atoms. The predicted octanol–water partition coefficient (Wildman–Crippen LogP) is 14.9. The van der Waals surface area contributed by atoms with Crippen LogP contribution in [0.15, 0.2) is 182 Å². The zero-order valence-corrected chi connectivity index (χ0v) is 51.0. The lowest BCUT2D eigenvalue weighted by molar-refractivity contribution is -0.138. The fourth-order valence-electron chi connectivity index (χ4n) is 11.7. The summed E-state index contributed by atoms with van der Waals surface area (Å²) in [6, 6.07) is 57.3. The van der Waals surface area contributed by atoms with Crippen LogP contribution in [0, 0.1) is 19.8 Å². The highest BCUT2D eigenvalue weighted by atomic mass is 19.4. The van der Waals surface area contributed by atoms with Crippen molar-refractivity contribution in [3.63, 3.8) is 0 Å². The van der Waals surface area contributed by atoms with Crippen molar-refractivity contribution in [2.24, 2.45) is 11.7 Å². The number of benzene rings is 8. The SMILES string of the molecule is C[C@@H](N)c1cccc2ccccc12.Cc1cccc(CN2CCC(C[C@H](C)c3cccc4ccccc34)C2)c1.Cc1cccc(CN2CCC(O)C2)c1.O=C1CCN(Cc2cccc(C(F)(F)F)c2)C1.O=Cc1cccc(C(F)(F)F)c1.OC1CCNC1. The maximum atomic E-state index is 12.5. The largest absolute Gasteiger partial charge is 0.416 e. The monoisotopic (exact) mass is 1210 g/mol. The molecular formula is C73H85F6N5O4. The molecule has 12 rings (SSSR count). The van der Waals surface area contributed by atoms with Gasteiger partial charge in [-0.1, -0.05) is 182 Å². The highest BCUT2D eigenvalue weighted by Crippen LogP contribution is 2.34. The molecule has 8 aromatic rings. The number of β-amino-alcohol motifs (C(OH)–C–C–N with tert-alkyl or cyclic N) is 2. The molecule has 4 heterocycles. The predicted molar refractivity (Wildman–Crippen MR) is 342 cm³/mol. The first-order valence-electron chi connectivity index (χ1n) is 30.5. The Morgan fingerprint density at radius 2 is 1.07 bits per heavy atom. The van der Waals surface area contributed by atoms with Crippen molar-refractivity contribution in [3.8, 4) is 0 Å². The van der Waals surface area contributed by atoms with Crippen molar-refractivity contribution in [1.29, 1.82) is 0 Å². The molecule has 8 aromatic carbocycles.